The van der Waals surface area contributed by atoms with E-state index in [-0.39, 0.29) is 11.8 Å². The van der Waals surface area contributed by atoms with Gasteiger partial charge in [-0.1, -0.05) is 53.5 Å². The first kappa shape index (κ1) is 22.6. The predicted molar refractivity (Wildman–Crippen MR) is 127 cm³/mol. The normalized spacial score (nSPS) is 18.4. The van der Waals surface area contributed by atoms with Crippen molar-refractivity contribution in [1.82, 2.24) is 15.1 Å². The number of amides is 1. The average molecular weight is 460 g/mol. The van der Waals surface area contributed by atoms with Crippen LogP contribution in [0.2, 0.25) is 10.0 Å². The van der Waals surface area contributed by atoms with Crippen molar-refractivity contribution in [3.63, 3.8) is 0 Å². The number of likely N-dealkylation sites (tertiary alicyclic amines) is 2. The summed E-state index contributed by atoms with van der Waals surface area (Å²) < 4.78 is 0. The summed E-state index contributed by atoms with van der Waals surface area (Å²) in [5.41, 5.74) is 3.48. The molecule has 0 radical (unpaired) electrons. The maximum atomic E-state index is 12.7. The molecule has 0 unspecified atom stereocenters. The van der Waals surface area contributed by atoms with Crippen LogP contribution in [0.1, 0.15) is 42.4 Å². The molecule has 0 spiro atoms. The molecule has 2 aliphatic heterocycles. The van der Waals surface area contributed by atoms with Crippen LogP contribution in [0.5, 0.6) is 0 Å². The van der Waals surface area contributed by atoms with Crippen LogP contribution < -0.4 is 5.32 Å². The zero-order chi connectivity index (χ0) is 21.6. The van der Waals surface area contributed by atoms with Gasteiger partial charge in [0, 0.05) is 41.2 Å². The van der Waals surface area contributed by atoms with Gasteiger partial charge in [-0.2, -0.15) is 0 Å². The third-order valence-corrected chi connectivity index (χ3v) is 7.17. The standard InChI is InChI=1S/C25H31Cl2N3O/c26-23-7-4-8-24(27)22(23)18-30-13-9-21(10-14-30)25(31)28-16-19-5-3-6-20(15-19)17-29-11-1-2-12-29/h3-8,15,21H,1-2,9-14,16-18H2,(H,28,31). The van der Waals surface area contributed by atoms with Crippen molar-refractivity contribution in [2.24, 2.45) is 5.92 Å². The highest BCUT2D eigenvalue weighted by Crippen LogP contribution is 2.27. The van der Waals surface area contributed by atoms with Gasteiger partial charge in [0.1, 0.15) is 0 Å². The quantitative estimate of drug-likeness (QED) is 0.623. The zero-order valence-corrected chi connectivity index (χ0v) is 19.5. The molecule has 2 saturated heterocycles. The number of hydrogen-bond donors (Lipinski definition) is 1. The van der Waals surface area contributed by atoms with Crippen LogP contribution in [0, 0.1) is 5.92 Å². The van der Waals surface area contributed by atoms with Gasteiger partial charge in [0.15, 0.2) is 0 Å². The fourth-order valence-corrected chi connectivity index (χ4v) is 5.15. The molecule has 166 valence electrons. The second-order valence-corrected chi connectivity index (χ2v) is 9.59. The summed E-state index contributed by atoms with van der Waals surface area (Å²) in [5, 5.41) is 4.57. The van der Waals surface area contributed by atoms with Gasteiger partial charge in [-0.25, -0.2) is 0 Å². The Morgan fingerprint density at radius 1 is 0.871 bits per heavy atom. The lowest BCUT2D eigenvalue weighted by Gasteiger charge is -2.31. The first-order valence-corrected chi connectivity index (χ1v) is 12.1. The van der Waals surface area contributed by atoms with Crippen molar-refractivity contribution in [3.8, 4) is 0 Å². The Bertz CT molecular complexity index is 870. The Balaban J connectivity index is 1.23. The summed E-state index contributed by atoms with van der Waals surface area (Å²) in [4.78, 5) is 17.6. The molecule has 2 aliphatic rings. The van der Waals surface area contributed by atoms with Crippen LogP contribution >= 0.6 is 23.2 Å². The molecular weight excluding hydrogens is 429 g/mol. The summed E-state index contributed by atoms with van der Waals surface area (Å²) >= 11 is 12.6. The summed E-state index contributed by atoms with van der Waals surface area (Å²) in [6.45, 7) is 6.50. The van der Waals surface area contributed by atoms with E-state index in [4.69, 9.17) is 23.2 Å². The fraction of sp³-hybridized carbons (Fsp3) is 0.480. The first-order chi connectivity index (χ1) is 15.1. The molecule has 4 rings (SSSR count). The SMILES string of the molecule is O=C(NCc1cccc(CN2CCCC2)c1)C1CCN(Cc2c(Cl)cccc2Cl)CC1. The van der Waals surface area contributed by atoms with Crippen molar-refractivity contribution in [1.29, 1.82) is 0 Å². The molecule has 1 amide bonds. The van der Waals surface area contributed by atoms with E-state index in [0.717, 1.165) is 44.6 Å². The number of nitrogens with one attached hydrogen (secondary N) is 1. The van der Waals surface area contributed by atoms with Gasteiger partial charge in [-0.05, 0) is 75.1 Å². The second-order valence-electron chi connectivity index (χ2n) is 8.77. The van der Waals surface area contributed by atoms with Crippen LogP contribution in [0.25, 0.3) is 0 Å². The van der Waals surface area contributed by atoms with Gasteiger partial charge in [-0.3, -0.25) is 14.6 Å². The molecule has 0 aromatic heterocycles. The van der Waals surface area contributed by atoms with Gasteiger partial charge in [-0.15, -0.1) is 0 Å². The van der Waals surface area contributed by atoms with E-state index < -0.39 is 0 Å². The summed E-state index contributed by atoms with van der Waals surface area (Å²) in [6.07, 6.45) is 4.34. The number of halogens is 2. The summed E-state index contributed by atoms with van der Waals surface area (Å²) in [6, 6.07) is 14.2. The van der Waals surface area contributed by atoms with Crippen molar-refractivity contribution in [2.75, 3.05) is 26.2 Å². The molecule has 0 bridgehead atoms. The molecular formula is C25H31Cl2N3O. The molecule has 1 N–H and O–H groups in total. The number of piperidine rings is 1. The summed E-state index contributed by atoms with van der Waals surface area (Å²) in [7, 11) is 0. The van der Waals surface area contributed by atoms with Crippen molar-refractivity contribution < 1.29 is 4.79 Å². The highest BCUT2D eigenvalue weighted by molar-refractivity contribution is 6.35. The molecule has 0 saturated carbocycles. The maximum Gasteiger partial charge on any atom is 0.223 e. The van der Waals surface area contributed by atoms with Crippen molar-refractivity contribution >= 4 is 29.1 Å². The van der Waals surface area contributed by atoms with Gasteiger partial charge in [0.2, 0.25) is 5.91 Å². The van der Waals surface area contributed by atoms with Crippen LogP contribution in [-0.4, -0.2) is 41.9 Å². The molecule has 2 aromatic rings. The van der Waals surface area contributed by atoms with Gasteiger partial charge < -0.3 is 5.32 Å². The average Bonchev–Trinajstić information content (AvgIpc) is 3.28. The van der Waals surface area contributed by atoms with Crippen molar-refractivity contribution in [2.45, 2.75) is 45.3 Å². The minimum absolute atomic E-state index is 0.0748. The molecule has 31 heavy (non-hydrogen) atoms. The molecule has 2 heterocycles. The minimum atomic E-state index is 0.0748. The van der Waals surface area contributed by atoms with E-state index in [1.807, 2.05) is 18.2 Å². The minimum Gasteiger partial charge on any atom is -0.352 e. The fourth-order valence-electron chi connectivity index (χ4n) is 4.63. The lowest BCUT2D eigenvalue weighted by Crippen LogP contribution is -2.40. The number of hydrogen-bond acceptors (Lipinski definition) is 3. The number of carbonyl (C=O) groups excluding carboxylic acids is 1. The van der Waals surface area contributed by atoms with E-state index in [0.29, 0.717) is 16.6 Å². The summed E-state index contributed by atoms with van der Waals surface area (Å²) in [5.74, 6) is 0.242. The lowest BCUT2D eigenvalue weighted by molar-refractivity contribution is -0.126. The van der Waals surface area contributed by atoms with Gasteiger partial charge >= 0.3 is 0 Å². The Morgan fingerprint density at radius 3 is 2.19 bits per heavy atom. The second kappa shape index (κ2) is 10.8. The monoisotopic (exact) mass is 459 g/mol. The molecule has 2 fully saturated rings. The number of rotatable bonds is 7. The van der Waals surface area contributed by atoms with Crippen LogP contribution in [0.4, 0.5) is 0 Å². The van der Waals surface area contributed by atoms with Gasteiger partial charge in [0.25, 0.3) is 0 Å². The van der Waals surface area contributed by atoms with Crippen LogP contribution in [-0.2, 0) is 24.4 Å². The zero-order valence-electron chi connectivity index (χ0n) is 18.0. The lowest BCUT2D eigenvalue weighted by atomic mass is 9.95. The molecule has 0 aliphatic carbocycles. The van der Waals surface area contributed by atoms with Crippen molar-refractivity contribution in [3.05, 3.63) is 69.2 Å². The smallest absolute Gasteiger partial charge is 0.223 e. The van der Waals surface area contributed by atoms with E-state index in [1.165, 1.54) is 37.1 Å². The largest absolute Gasteiger partial charge is 0.352 e. The maximum absolute atomic E-state index is 12.7. The number of carbonyl (C=O) groups is 1. The third kappa shape index (κ3) is 6.23. The van der Waals surface area contributed by atoms with E-state index in [9.17, 15) is 4.79 Å². The first-order valence-electron chi connectivity index (χ1n) is 11.3. The van der Waals surface area contributed by atoms with Gasteiger partial charge in [0.05, 0.1) is 0 Å². The van der Waals surface area contributed by atoms with E-state index >= 15 is 0 Å². The predicted octanol–water partition coefficient (Wildman–Crippen LogP) is 5.12. The van der Waals surface area contributed by atoms with Crippen LogP contribution in [0.3, 0.4) is 0 Å². The highest BCUT2D eigenvalue weighted by Gasteiger charge is 2.25. The van der Waals surface area contributed by atoms with E-state index in [2.05, 4.69) is 39.4 Å². The Hall–Kier alpha value is -1.59. The third-order valence-electron chi connectivity index (χ3n) is 6.46. The molecule has 4 nitrogen and oxygen atoms in total. The molecule has 2 aromatic carbocycles. The highest BCUT2D eigenvalue weighted by atomic mass is 35.5. The number of benzene rings is 2. The topological polar surface area (TPSA) is 35.6 Å². The van der Waals surface area contributed by atoms with E-state index in [1.54, 1.807) is 0 Å². The van der Waals surface area contributed by atoms with Crippen LogP contribution in [0.15, 0.2) is 42.5 Å². The Labute approximate surface area is 195 Å². The Morgan fingerprint density at radius 2 is 1.48 bits per heavy atom. The molecule has 0 atom stereocenters. The Kier molecular flexibility index (Phi) is 7.89. The molecule has 6 heteroatoms. The number of nitrogens with zero attached hydrogens (tertiary/aromatic N) is 2.